The van der Waals surface area contributed by atoms with Crippen molar-refractivity contribution >= 4 is 5.78 Å². The van der Waals surface area contributed by atoms with Gasteiger partial charge in [0.2, 0.25) is 0 Å². The molecule has 1 aliphatic rings. The highest BCUT2D eigenvalue weighted by atomic mass is 16.1. The van der Waals surface area contributed by atoms with Crippen LogP contribution in [0.3, 0.4) is 0 Å². The van der Waals surface area contributed by atoms with Crippen molar-refractivity contribution in [3.05, 3.63) is 53.6 Å². The molecule has 1 aromatic carbocycles. The van der Waals surface area contributed by atoms with E-state index in [-0.39, 0.29) is 0 Å². The van der Waals surface area contributed by atoms with E-state index >= 15 is 0 Å². The summed E-state index contributed by atoms with van der Waals surface area (Å²) in [7, 11) is 0. The lowest BCUT2D eigenvalue weighted by molar-refractivity contribution is 0.0994. The van der Waals surface area contributed by atoms with Crippen molar-refractivity contribution in [2.45, 2.75) is 57.9 Å². The van der Waals surface area contributed by atoms with Gasteiger partial charge in [-0.3, -0.25) is 4.79 Å². The van der Waals surface area contributed by atoms with Crippen LogP contribution in [0.5, 0.6) is 0 Å². The van der Waals surface area contributed by atoms with Crippen molar-refractivity contribution < 1.29 is 4.79 Å². The highest BCUT2D eigenvalue weighted by Crippen LogP contribution is 2.30. The van der Waals surface area contributed by atoms with Crippen molar-refractivity contribution in [2.24, 2.45) is 0 Å². The van der Waals surface area contributed by atoms with Gasteiger partial charge in [-0.15, -0.1) is 0 Å². The van der Waals surface area contributed by atoms with E-state index < -0.39 is 0 Å². The van der Waals surface area contributed by atoms with Gasteiger partial charge >= 0.3 is 0 Å². The fraction of sp³-hybridized carbons (Fsp3) is 0.474. The molecule has 0 aliphatic heterocycles. The Kier molecular flexibility index (Phi) is 4.71. The summed E-state index contributed by atoms with van der Waals surface area (Å²) in [5.41, 5.74) is 3.46. The number of carbonyl (C=O) groups excluding carboxylic acids is 1. The second kappa shape index (κ2) is 6.91. The summed E-state index contributed by atoms with van der Waals surface area (Å²) in [6.45, 7) is 2.24. The van der Waals surface area contributed by atoms with Crippen molar-refractivity contribution in [3.8, 4) is 0 Å². The Hall–Kier alpha value is -1.90. The SMILES string of the molecule is CCCCCCC(c1ccc2c(c1)CCC2=O)n1ccnc1. The number of carbonyl (C=O) groups is 1. The first kappa shape index (κ1) is 15.0. The van der Waals surface area contributed by atoms with E-state index in [0.717, 1.165) is 18.4 Å². The Labute approximate surface area is 132 Å². The molecule has 3 nitrogen and oxygen atoms in total. The standard InChI is InChI=1S/C19H24N2O/c1-2-3-4-5-6-18(21-12-11-20-14-21)16-7-9-17-15(13-16)8-10-19(17)22/h7,9,11-14,18H,2-6,8,10H2,1H3. The number of nitrogens with zero attached hydrogens (tertiary/aromatic N) is 2. The molecule has 0 spiro atoms. The third-order valence-electron chi connectivity index (χ3n) is 4.65. The van der Waals surface area contributed by atoms with Crippen LogP contribution >= 0.6 is 0 Å². The number of rotatable bonds is 7. The molecule has 3 rings (SSSR count). The summed E-state index contributed by atoms with van der Waals surface area (Å²) < 4.78 is 2.20. The molecule has 1 aliphatic carbocycles. The monoisotopic (exact) mass is 296 g/mol. The molecule has 3 heteroatoms. The predicted molar refractivity (Wildman–Crippen MR) is 88.2 cm³/mol. The summed E-state index contributed by atoms with van der Waals surface area (Å²) in [6, 6.07) is 6.73. The second-order valence-corrected chi connectivity index (χ2v) is 6.21. The Morgan fingerprint density at radius 1 is 1.23 bits per heavy atom. The maximum absolute atomic E-state index is 11.8. The van der Waals surface area contributed by atoms with Crippen LogP contribution in [0.15, 0.2) is 36.9 Å². The fourth-order valence-corrected chi connectivity index (χ4v) is 3.39. The topological polar surface area (TPSA) is 34.9 Å². The van der Waals surface area contributed by atoms with E-state index in [1.807, 2.05) is 24.8 Å². The lowest BCUT2D eigenvalue weighted by atomic mass is 9.96. The van der Waals surface area contributed by atoms with E-state index in [9.17, 15) is 4.79 Å². The second-order valence-electron chi connectivity index (χ2n) is 6.21. The summed E-state index contributed by atoms with van der Waals surface area (Å²) in [5.74, 6) is 0.295. The van der Waals surface area contributed by atoms with Crippen LogP contribution in [0, 0.1) is 0 Å². The normalized spacial score (nSPS) is 15.0. The number of hydrogen-bond acceptors (Lipinski definition) is 2. The van der Waals surface area contributed by atoms with Crippen molar-refractivity contribution in [2.75, 3.05) is 0 Å². The van der Waals surface area contributed by atoms with E-state index in [0.29, 0.717) is 18.2 Å². The number of ketones is 1. The van der Waals surface area contributed by atoms with Gasteiger partial charge in [-0.05, 0) is 24.0 Å². The number of fused-ring (bicyclic) bond motifs is 1. The zero-order chi connectivity index (χ0) is 15.4. The number of Topliss-reactive ketones (excluding diaryl/α,β-unsaturated/α-hetero) is 1. The fourth-order valence-electron chi connectivity index (χ4n) is 3.39. The molecule has 0 N–H and O–H groups in total. The number of unbranched alkanes of at least 4 members (excludes halogenated alkanes) is 3. The summed E-state index contributed by atoms with van der Waals surface area (Å²) in [5, 5.41) is 0. The molecule has 0 bridgehead atoms. The zero-order valence-electron chi connectivity index (χ0n) is 13.3. The summed E-state index contributed by atoms with van der Waals surface area (Å²) in [4.78, 5) is 16.0. The van der Waals surface area contributed by atoms with Gasteiger partial charge in [-0.1, -0.05) is 50.8 Å². The van der Waals surface area contributed by atoms with Crippen LogP contribution < -0.4 is 0 Å². The Morgan fingerprint density at radius 3 is 2.91 bits per heavy atom. The molecule has 0 amide bonds. The Balaban J connectivity index is 1.81. The number of imidazole rings is 1. The molecule has 0 radical (unpaired) electrons. The molecule has 116 valence electrons. The summed E-state index contributed by atoms with van der Waals surface area (Å²) in [6.07, 6.45) is 13.6. The van der Waals surface area contributed by atoms with Crippen molar-refractivity contribution in [1.82, 2.24) is 9.55 Å². The Morgan fingerprint density at radius 2 is 2.14 bits per heavy atom. The van der Waals surface area contributed by atoms with E-state index in [1.54, 1.807) is 0 Å². The maximum atomic E-state index is 11.8. The van der Waals surface area contributed by atoms with Gasteiger partial charge in [0.25, 0.3) is 0 Å². The van der Waals surface area contributed by atoms with Gasteiger partial charge in [-0.2, -0.15) is 0 Å². The largest absolute Gasteiger partial charge is 0.330 e. The minimum Gasteiger partial charge on any atom is -0.330 e. The number of benzene rings is 1. The molecule has 22 heavy (non-hydrogen) atoms. The average Bonchev–Trinajstić information content (AvgIpc) is 3.18. The first-order chi connectivity index (χ1) is 10.8. The molecule has 1 atom stereocenters. The van der Waals surface area contributed by atoms with E-state index in [4.69, 9.17) is 0 Å². The number of aryl methyl sites for hydroxylation is 1. The van der Waals surface area contributed by atoms with Gasteiger partial charge in [0.15, 0.2) is 5.78 Å². The first-order valence-electron chi connectivity index (χ1n) is 8.43. The highest BCUT2D eigenvalue weighted by Gasteiger charge is 2.21. The van der Waals surface area contributed by atoms with Crippen LogP contribution in [0.1, 0.15) is 73.0 Å². The van der Waals surface area contributed by atoms with Gasteiger partial charge < -0.3 is 4.57 Å². The first-order valence-corrected chi connectivity index (χ1v) is 8.43. The lowest BCUT2D eigenvalue weighted by Gasteiger charge is -2.20. The molecule has 0 fully saturated rings. The van der Waals surface area contributed by atoms with Gasteiger partial charge in [-0.25, -0.2) is 4.98 Å². The quantitative estimate of drug-likeness (QED) is 0.701. The van der Waals surface area contributed by atoms with Crippen LogP contribution in [0.25, 0.3) is 0 Å². The molecule has 1 heterocycles. The minimum absolute atomic E-state index is 0.295. The lowest BCUT2D eigenvalue weighted by Crippen LogP contribution is -2.09. The Bertz CT molecular complexity index is 631. The van der Waals surface area contributed by atoms with Crippen molar-refractivity contribution in [1.29, 1.82) is 0 Å². The highest BCUT2D eigenvalue weighted by molar-refractivity contribution is 6.00. The van der Waals surface area contributed by atoms with Crippen LogP contribution in [-0.4, -0.2) is 15.3 Å². The molecule has 2 aromatic rings. The third-order valence-corrected chi connectivity index (χ3v) is 4.65. The van der Waals surface area contributed by atoms with Crippen LogP contribution in [0.4, 0.5) is 0 Å². The van der Waals surface area contributed by atoms with Crippen LogP contribution in [-0.2, 0) is 6.42 Å². The molecule has 0 saturated heterocycles. The molecule has 1 aromatic heterocycles. The van der Waals surface area contributed by atoms with Crippen molar-refractivity contribution in [3.63, 3.8) is 0 Å². The predicted octanol–water partition coefficient (Wildman–Crippen LogP) is 4.57. The average molecular weight is 296 g/mol. The van der Waals surface area contributed by atoms with E-state index in [2.05, 4.69) is 28.6 Å². The van der Waals surface area contributed by atoms with E-state index in [1.165, 1.54) is 36.8 Å². The molecular formula is C19H24N2O. The van der Waals surface area contributed by atoms with Gasteiger partial charge in [0, 0.05) is 24.4 Å². The zero-order valence-corrected chi connectivity index (χ0v) is 13.3. The van der Waals surface area contributed by atoms with Gasteiger partial charge in [0.1, 0.15) is 0 Å². The molecule has 0 saturated carbocycles. The van der Waals surface area contributed by atoms with Crippen LogP contribution in [0.2, 0.25) is 0 Å². The number of aromatic nitrogens is 2. The molecular weight excluding hydrogens is 272 g/mol. The summed E-state index contributed by atoms with van der Waals surface area (Å²) >= 11 is 0. The minimum atomic E-state index is 0.295. The maximum Gasteiger partial charge on any atom is 0.163 e. The van der Waals surface area contributed by atoms with Gasteiger partial charge in [0.05, 0.1) is 12.4 Å². The molecule has 1 unspecified atom stereocenters. The smallest absolute Gasteiger partial charge is 0.163 e. The third kappa shape index (κ3) is 3.13. The number of hydrogen-bond donors (Lipinski definition) is 0.